The van der Waals surface area contributed by atoms with Crippen LogP contribution in [0.3, 0.4) is 0 Å². The Morgan fingerprint density at radius 2 is 2.26 bits per heavy atom. The molecule has 4 rings (SSSR count). The summed E-state index contributed by atoms with van der Waals surface area (Å²) in [5.74, 6) is 0.851. The van der Waals surface area contributed by atoms with Gasteiger partial charge < -0.3 is 9.88 Å². The van der Waals surface area contributed by atoms with E-state index in [0.717, 1.165) is 50.0 Å². The third-order valence-electron chi connectivity index (χ3n) is 5.29. The van der Waals surface area contributed by atoms with Crippen molar-refractivity contribution in [3.05, 3.63) is 53.9 Å². The number of benzene rings is 1. The van der Waals surface area contributed by atoms with Crippen LogP contribution in [0.2, 0.25) is 0 Å². The van der Waals surface area contributed by atoms with Gasteiger partial charge in [-0.05, 0) is 37.0 Å². The lowest BCUT2D eigenvalue weighted by Gasteiger charge is -2.42. The number of hydrogen-bond donors (Lipinski definition) is 1. The van der Waals surface area contributed by atoms with Crippen molar-refractivity contribution in [2.45, 2.75) is 50.1 Å². The number of carbonyl (C=O) groups is 1. The van der Waals surface area contributed by atoms with E-state index in [0.29, 0.717) is 0 Å². The molecule has 1 aromatic carbocycles. The number of imidazole rings is 1. The fourth-order valence-electron chi connectivity index (χ4n) is 3.77. The van der Waals surface area contributed by atoms with Crippen molar-refractivity contribution in [1.82, 2.24) is 14.9 Å². The second-order valence-corrected chi connectivity index (χ2v) is 6.65. The van der Waals surface area contributed by atoms with E-state index in [4.69, 9.17) is 0 Å². The molecule has 23 heavy (non-hydrogen) atoms. The zero-order chi connectivity index (χ0) is 15.9. The fraction of sp³-hybridized carbons (Fsp3) is 0.444. The monoisotopic (exact) mass is 313 g/mol. The Bertz CT molecular complexity index is 735. The molecule has 1 unspecified atom stereocenters. The number of amides is 1. The molecule has 1 saturated carbocycles. The van der Waals surface area contributed by atoms with Crippen LogP contribution in [-0.2, 0) is 23.2 Å². The van der Waals surface area contributed by atoms with Crippen LogP contribution in [0, 0.1) is 5.82 Å². The van der Waals surface area contributed by atoms with Gasteiger partial charge in [0, 0.05) is 31.4 Å². The Hall–Kier alpha value is -2.17. The van der Waals surface area contributed by atoms with Gasteiger partial charge in [-0.3, -0.25) is 4.79 Å². The Balaban J connectivity index is 1.52. The number of carbonyl (C=O) groups excluding carboxylic acids is 1. The molecular formula is C18H20FN3O. The highest BCUT2D eigenvalue weighted by molar-refractivity contribution is 5.89. The van der Waals surface area contributed by atoms with Gasteiger partial charge >= 0.3 is 0 Å². The number of rotatable bonds is 3. The van der Waals surface area contributed by atoms with Gasteiger partial charge in [0.1, 0.15) is 11.6 Å². The zero-order valence-corrected chi connectivity index (χ0v) is 13.0. The van der Waals surface area contributed by atoms with Gasteiger partial charge in [-0.25, -0.2) is 9.37 Å². The number of aromatic nitrogens is 2. The number of aryl methyl sites for hydroxylation is 1. The normalized spacial score (nSPS) is 22.0. The highest BCUT2D eigenvalue weighted by atomic mass is 19.1. The minimum Gasteiger partial charge on any atom is -0.351 e. The van der Waals surface area contributed by atoms with E-state index < -0.39 is 5.41 Å². The molecule has 2 heterocycles. The van der Waals surface area contributed by atoms with Crippen molar-refractivity contribution in [3.8, 4) is 0 Å². The first-order valence-corrected chi connectivity index (χ1v) is 8.24. The molecule has 120 valence electrons. The molecule has 1 atom stereocenters. The Labute approximate surface area is 134 Å². The molecule has 1 amide bonds. The van der Waals surface area contributed by atoms with Gasteiger partial charge in [-0.15, -0.1) is 0 Å². The number of nitrogens with one attached hydrogen (secondary N) is 1. The maximum atomic E-state index is 13.6. The van der Waals surface area contributed by atoms with E-state index in [9.17, 15) is 9.18 Å². The maximum Gasteiger partial charge on any atom is 0.230 e. The minimum atomic E-state index is -0.544. The molecule has 2 aliphatic rings. The standard InChI is InChI=1S/C18H20FN3O/c19-14-4-1-3-13(11-14)18(7-2-8-18)17(23)21-15-5-6-16-20-9-10-22(16)12-15/h1,3-4,9-11,15H,2,5-8,12H2,(H,21,23). The van der Waals surface area contributed by atoms with Gasteiger partial charge in [0.25, 0.3) is 0 Å². The Morgan fingerprint density at radius 1 is 1.39 bits per heavy atom. The number of hydrogen-bond acceptors (Lipinski definition) is 2. The molecule has 2 aromatic rings. The lowest BCUT2D eigenvalue weighted by Crippen LogP contribution is -2.53. The average molecular weight is 313 g/mol. The van der Waals surface area contributed by atoms with Crippen LogP contribution in [0.5, 0.6) is 0 Å². The summed E-state index contributed by atoms with van der Waals surface area (Å²) >= 11 is 0. The SMILES string of the molecule is O=C(NC1CCc2nccn2C1)C1(c2cccc(F)c2)CCC1. The highest BCUT2D eigenvalue weighted by Gasteiger charge is 2.46. The summed E-state index contributed by atoms with van der Waals surface area (Å²) < 4.78 is 15.7. The fourth-order valence-corrected chi connectivity index (χ4v) is 3.77. The van der Waals surface area contributed by atoms with E-state index in [1.54, 1.807) is 12.3 Å². The summed E-state index contributed by atoms with van der Waals surface area (Å²) in [4.78, 5) is 17.2. The van der Waals surface area contributed by atoms with Crippen molar-refractivity contribution in [3.63, 3.8) is 0 Å². The number of halogens is 1. The van der Waals surface area contributed by atoms with Crippen molar-refractivity contribution in [1.29, 1.82) is 0 Å². The molecule has 4 nitrogen and oxygen atoms in total. The van der Waals surface area contributed by atoms with Gasteiger partial charge in [-0.1, -0.05) is 18.6 Å². The van der Waals surface area contributed by atoms with E-state index in [-0.39, 0.29) is 17.8 Å². The quantitative estimate of drug-likeness (QED) is 0.947. The van der Waals surface area contributed by atoms with Gasteiger partial charge in [-0.2, -0.15) is 0 Å². The molecule has 1 N–H and O–H groups in total. The zero-order valence-electron chi connectivity index (χ0n) is 13.0. The lowest BCUT2D eigenvalue weighted by atomic mass is 9.63. The molecule has 1 aliphatic heterocycles. The predicted octanol–water partition coefficient (Wildman–Crippen LogP) is 2.58. The van der Waals surface area contributed by atoms with Crippen LogP contribution < -0.4 is 5.32 Å². The van der Waals surface area contributed by atoms with Crippen LogP contribution in [-0.4, -0.2) is 21.5 Å². The van der Waals surface area contributed by atoms with Crippen LogP contribution in [0.25, 0.3) is 0 Å². The molecule has 5 heteroatoms. The highest BCUT2D eigenvalue weighted by Crippen LogP contribution is 2.44. The minimum absolute atomic E-state index is 0.0444. The molecule has 0 radical (unpaired) electrons. The second-order valence-electron chi connectivity index (χ2n) is 6.65. The van der Waals surface area contributed by atoms with E-state index >= 15 is 0 Å². The topological polar surface area (TPSA) is 46.9 Å². The third-order valence-corrected chi connectivity index (χ3v) is 5.29. The number of nitrogens with zero attached hydrogens (tertiary/aromatic N) is 2. The molecule has 0 spiro atoms. The van der Waals surface area contributed by atoms with Crippen LogP contribution in [0.4, 0.5) is 4.39 Å². The predicted molar refractivity (Wildman–Crippen MR) is 84.4 cm³/mol. The summed E-state index contributed by atoms with van der Waals surface area (Å²) in [5.41, 5.74) is 0.262. The average Bonchev–Trinajstić information content (AvgIpc) is 2.93. The summed E-state index contributed by atoms with van der Waals surface area (Å²) in [6.07, 6.45) is 8.16. The van der Waals surface area contributed by atoms with E-state index in [1.807, 2.05) is 12.3 Å². The molecule has 1 fully saturated rings. The molecule has 1 aromatic heterocycles. The van der Waals surface area contributed by atoms with Crippen molar-refractivity contribution in [2.75, 3.05) is 0 Å². The van der Waals surface area contributed by atoms with Crippen molar-refractivity contribution in [2.24, 2.45) is 0 Å². The Kier molecular flexibility index (Phi) is 3.43. The largest absolute Gasteiger partial charge is 0.351 e. The third kappa shape index (κ3) is 2.44. The second kappa shape index (κ2) is 5.48. The van der Waals surface area contributed by atoms with Crippen molar-refractivity contribution < 1.29 is 9.18 Å². The number of fused-ring (bicyclic) bond motifs is 1. The smallest absolute Gasteiger partial charge is 0.230 e. The van der Waals surface area contributed by atoms with Gasteiger partial charge in [0.05, 0.1) is 5.41 Å². The summed E-state index contributed by atoms with van der Waals surface area (Å²) in [6, 6.07) is 6.62. The summed E-state index contributed by atoms with van der Waals surface area (Å²) in [6.45, 7) is 0.764. The van der Waals surface area contributed by atoms with E-state index in [1.165, 1.54) is 12.1 Å². The van der Waals surface area contributed by atoms with Crippen LogP contribution >= 0.6 is 0 Å². The summed E-state index contributed by atoms with van der Waals surface area (Å²) in [7, 11) is 0. The first-order valence-electron chi connectivity index (χ1n) is 8.24. The Morgan fingerprint density at radius 3 is 3.00 bits per heavy atom. The van der Waals surface area contributed by atoms with Crippen LogP contribution in [0.15, 0.2) is 36.7 Å². The lowest BCUT2D eigenvalue weighted by molar-refractivity contribution is -0.130. The van der Waals surface area contributed by atoms with Crippen LogP contribution in [0.1, 0.15) is 37.1 Å². The summed E-state index contributed by atoms with van der Waals surface area (Å²) in [5, 5.41) is 3.20. The van der Waals surface area contributed by atoms with Gasteiger partial charge in [0.15, 0.2) is 0 Å². The maximum absolute atomic E-state index is 13.6. The molecule has 0 saturated heterocycles. The first kappa shape index (κ1) is 14.4. The molecule has 0 bridgehead atoms. The van der Waals surface area contributed by atoms with Crippen molar-refractivity contribution >= 4 is 5.91 Å². The van der Waals surface area contributed by atoms with E-state index in [2.05, 4.69) is 14.9 Å². The molecule has 1 aliphatic carbocycles. The first-order chi connectivity index (χ1) is 11.2. The molecular weight excluding hydrogens is 293 g/mol. The van der Waals surface area contributed by atoms with Gasteiger partial charge in [0.2, 0.25) is 5.91 Å².